The molecule has 0 radical (unpaired) electrons. The maximum atomic E-state index is 12.8. The normalized spacial score (nSPS) is 13.9. The summed E-state index contributed by atoms with van der Waals surface area (Å²) >= 11 is 0. The van der Waals surface area contributed by atoms with E-state index in [1.807, 2.05) is 20.8 Å². The van der Waals surface area contributed by atoms with Crippen LogP contribution in [0.3, 0.4) is 0 Å². The Morgan fingerprint density at radius 1 is 1.26 bits per heavy atom. The van der Waals surface area contributed by atoms with Gasteiger partial charge in [0.15, 0.2) is 0 Å². The minimum absolute atomic E-state index is 0.0211. The standard InChI is InChI=1S/C15H23FN2O/c1-4-9-17-15(19)12(3)18-11(2)10-13-5-7-14(16)8-6-13/h5-8,11-12,18H,4,9-10H2,1-3H3,(H,17,19). The van der Waals surface area contributed by atoms with Crippen LogP contribution in [0.15, 0.2) is 24.3 Å². The van der Waals surface area contributed by atoms with Gasteiger partial charge in [-0.15, -0.1) is 0 Å². The first-order chi connectivity index (χ1) is 9.02. The average Bonchev–Trinajstić information content (AvgIpc) is 2.38. The zero-order valence-corrected chi connectivity index (χ0v) is 11.9. The largest absolute Gasteiger partial charge is 0.355 e. The maximum absolute atomic E-state index is 12.8. The van der Waals surface area contributed by atoms with Crippen LogP contribution in [0.1, 0.15) is 32.8 Å². The van der Waals surface area contributed by atoms with Gasteiger partial charge in [0.1, 0.15) is 5.82 Å². The molecule has 0 aliphatic heterocycles. The Morgan fingerprint density at radius 2 is 1.89 bits per heavy atom. The lowest BCUT2D eigenvalue weighted by Gasteiger charge is -2.19. The molecule has 0 aromatic heterocycles. The van der Waals surface area contributed by atoms with E-state index in [9.17, 15) is 9.18 Å². The molecule has 1 rings (SSSR count). The predicted molar refractivity (Wildman–Crippen MR) is 75.5 cm³/mol. The molecule has 0 spiro atoms. The minimum Gasteiger partial charge on any atom is -0.355 e. The highest BCUT2D eigenvalue weighted by Crippen LogP contribution is 2.06. The zero-order valence-electron chi connectivity index (χ0n) is 11.9. The second-order valence-corrected chi connectivity index (χ2v) is 4.91. The average molecular weight is 266 g/mol. The summed E-state index contributed by atoms with van der Waals surface area (Å²) in [5, 5.41) is 6.10. The first-order valence-electron chi connectivity index (χ1n) is 6.81. The van der Waals surface area contributed by atoms with Crippen LogP contribution in [-0.2, 0) is 11.2 Å². The molecule has 0 saturated carbocycles. The third-order valence-electron chi connectivity index (χ3n) is 2.93. The van der Waals surface area contributed by atoms with E-state index < -0.39 is 0 Å². The molecule has 2 atom stereocenters. The van der Waals surface area contributed by atoms with Crippen molar-refractivity contribution in [1.29, 1.82) is 0 Å². The van der Waals surface area contributed by atoms with Gasteiger partial charge in [0.05, 0.1) is 6.04 Å². The highest BCUT2D eigenvalue weighted by Gasteiger charge is 2.14. The molecule has 1 amide bonds. The molecule has 2 unspecified atom stereocenters. The van der Waals surface area contributed by atoms with Gasteiger partial charge in [-0.2, -0.15) is 0 Å². The van der Waals surface area contributed by atoms with Crippen LogP contribution in [0.2, 0.25) is 0 Å². The van der Waals surface area contributed by atoms with E-state index in [1.165, 1.54) is 12.1 Å². The summed E-state index contributed by atoms with van der Waals surface area (Å²) in [4.78, 5) is 11.7. The monoisotopic (exact) mass is 266 g/mol. The van der Waals surface area contributed by atoms with E-state index >= 15 is 0 Å². The molecular weight excluding hydrogens is 243 g/mol. The molecule has 1 aromatic rings. The van der Waals surface area contributed by atoms with Gasteiger partial charge in [0, 0.05) is 12.6 Å². The van der Waals surface area contributed by atoms with Crippen molar-refractivity contribution < 1.29 is 9.18 Å². The van der Waals surface area contributed by atoms with Crippen molar-refractivity contribution in [2.24, 2.45) is 0 Å². The Morgan fingerprint density at radius 3 is 2.47 bits per heavy atom. The molecular formula is C15H23FN2O. The van der Waals surface area contributed by atoms with Gasteiger partial charge in [-0.3, -0.25) is 4.79 Å². The fraction of sp³-hybridized carbons (Fsp3) is 0.533. The van der Waals surface area contributed by atoms with Crippen LogP contribution in [0.5, 0.6) is 0 Å². The summed E-state index contributed by atoms with van der Waals surface area (Å²) < 4.78 is 12.8. The molecule has 1 aromatic carbocycles. The van der Waals surface area contributed by atoms with Gasteiger partial charge in [-0.25, -0.2) is 4.39 Å². The van der Waals surface area contributed by atoms with Gasteiger partial charge in [-0.1, -0.05) is 19.1 Å². The second-order valence-electron chi connectivity index (χ2n) is 4.91. The maximum Gasteiger partial charge on any atom is 0.236 e. The Kier molecular flexibility index (Phi) is 6.50. The van der Waals surface area contributed by atoms with Crippen molar-refractivity contribution in [3.63, 3.8) is 0 Å². The van der Waals surface area contributed by atoms with Crippen LogP contribution in [0, 0.1) is 5.82 Å². The Hall–Kier alpha value is -1.42. The molecule has 0 saturated heterocycles. The molecule has 0 bridgehead atoms. The zero-order chi connectivity index (χ0) is 14.3. The fourth-order valence-corrected chi connectivity index (χ4v) is 1.94. The van der Waals surface area contributed by atoms with E-state index in [1.54, 1.807) is 12.1 Å². The number of carbonyl (C=O) groups is 1. The highest BCUT2D eigenvalue weighted by atomic mass is 19.1. The number of rotatable bonds is 7. The lowest BCUT2D eigenvalue weighted by atomic mass is 10.1. The van der Waals surface area contributed by atoms with Crippen molar-refractivity contribution in [3.8, 4) is 0 Å². The summed E-state index contributed by atoms with van der Waals surface area (Å²) in [6.45, 7) is 6.60. The minimum atomic E-state index is -0.225. The van der Waals surface area contributed by atoms with E-state index in [0.717, 1.165) is 18.4 Å². The van der Waals surface area contributed by atoms with Gasteiger partial charge in [0.25, 0.3) is 0 Å². The molecule has 106 valence electrons. The number of amides is 1. The quantitative estimate of drug-likeness (QED) is 0.795. The van der Waals surface area contributed by atoms with Crippen molar-refractivity contribution >= 4 is 5.91 Å². The first-order valence-corrected chi connectivity index (χ1v) is 6.81. The third kappa shape index (κ3) is 5.83. The summed E-state index contributed by atoms with van der Waals surface area (Å²) in [5.74, 6) is -0.204. The second kappa shape index (κ2) is 7.89. The van der Waals surface area contributed by atoms with Crippen LogP contribution in [0.25, 0.3) is 0 Å². The van der Waals surface area contributed by atoms with E-state index in [-0.39, 0.29) is 23.8 Å². The number of hydrogen-bond acceptors (Lipinski definition) is 2. The number of hydrogen-bond donors (Lipinski definition) is 2. The molecule has 4 heteroatoms. The summed E-state index contributed by atoms with van der Waals surface area (Å²) in [6.07, 6.45) is 1.70. The molecule has 0 aliphatic rings. The number of halogens is 1. The van der Waals surface area contributed by atoms with E-state index in [2.05, 4.69) is 10.6 Å². The lowest BCUT2D eigenvalue weighted by molar-refractivity contribution is -0.122. The Balaban J connectivity index is 2.39. The number of benzene rings is 1. The van der Waals surface area contributed by atoms with Crippen LogP contribution in [-0.4, -0.2) is 24.5 Å². The van der Waals surface area contributed by atoms with Gasteiger partial charge in [-0.05, 0) is 44.4 Å². The van der Waals surface area contributed by atoms with Crippen molar-refractivity contribution in [2.45, 2.75) is 45.7 Å². The fourth-order valence-electron chi connectivity index (χ4n) is 1.94. The summed E-state index contributed by atoms with van der Waals surface area (Å²) in [7, 11) is 0. The Bertz CT molecular complexity index is 392. The van der Waals surface area contributed by atoms with Gasteiger partial charge in [0.2, 0.25) is 5.91 Å². The SMILES string of the molecule is CCCNC(=O)C(C)NC(C)Cc1ccc(F)cc1. The van der Waals surface area contributed by atoms with Crippen molar-refractivity contribution in [3.05, 3.63) is 35.6 Å². The summed E-state index contributed by atoms with van der Waals surface area (Å²) in [6, 6.07) is 6.40. The van der Waals surface area contributed by atoms with Crippen LogP contribution >= 0.6 is 0 Å². The Labute approximate surface area is 114 Å². The molecule has 0 aliphatic carbocycles. The lowest BCUT2D eigenvalue weighted by Crippen LogP contribution is -2.46. The molecule has 0 fully saturated rings. The van der Waals surface area contributed by atoms with Gasteiger partial charge < -0.3 is 10.6 Å². The molecule has 0 heterocycles. The van der Waals surface area contributed by atoms with Crippen molar-refractivity contribution in [1.82, 2.24) is 10.6 Å². The molecule has 19 heavy (non-hydrogen) atoms. The van der Waals surface area contributed by atoms with Crippen LogP contribution in [0.4, 0.5) is 4.39 Å². The number of carbonyl (C=O) groups excluding carboxylic acids is 1. The highest BCUT2D eigenvalue weighted by molar-refractivity contribution is 5.81. The predicted octanol–water partition coefficient (Wildman–Crippen LogP) is 2.26. The third-order valence-corrected chi connectivity index (χ3v) is 2.93. The van der Waals surface area contributed by atoms with Crippen LogP contribution < -0.4 is 10.6 Å². The smallest absolute Gasteiger partial charge is 0.236 e. The molecule has 2 N–H and O–H groups in total. The van der Waals surface area contributed by atoms with E-state index in [0.29, 0.717) is 6.54 Å². The topological polar surface area (TPSA) is 41.1 Å². The summed E-state index contributed by atoms with van der Waals surface area (Å²) in [5.41, 5.74) is 1.06. The van der Waals surface area contributed by atoms with Gasteiger partial charge >= 0.3 is 0 Å². The van der Waals surface area contributed by atoms with E-state index in [4.69, 9.17) is 0 Å². The van der Waals surface area contributed by atoms with Crippen molar-refractivity contribution in [2.75, 3.05) is 6.54 Å². The number of nitrogens with one attached hydrogen (secondary N) is 2. The first kappa shape index (κ1) is 15.6. The molecule has 3 nitrogen and oxygen atoms in total.